The summed E-state index contributed by atoms with van der Waals surface area (Å²) in [5.74, 6) is 0. The molecule has 2 aromatic rings. The van der Waals surface area contributed by atoms with Crippen molar-refractivity contribution in [3.05, 3.63) is 46.7 Å². The number of rotatable bonds is 2. The Morgan fingerprint density at radius 2 is 1.95 bits per heavy atom. The molecule has 0 bridgehead atoms. The van der Waals surface area contributed by atoms with E-state index in [2.05, 4.69) is 15.6 Å². The number of hydrogen-bond acceptors (Lipinski definition) is 3. The third-order valence-electron chi connectivity index (χ3n) is 2.28. The summed E-state index contributed by atoms with van der Waals surface area (Å²) >= 11 is 11.6. The number of aromatic nitrogens is 1. The molecule has 2 rings (SSSR count). The Hall–Kier alpha value is -1.98. The zero-order valence-corrected chi connectivity index (χ0v) is 11.2. The van der Waals surface area contributed by atoms with Crippen molar-refractivity contribution in [1.82, 2.24) is 4.98 Å². The first-order valence-corrected chi connectivity index (χ1v) is 6.04. The maximum absolute atomic E-state index is 11.8. The van der Waals surface area contributed by atoms with Crippen LogP contribution in [-0.2, 0) is 0 Å². The van der Waals surface area contributed by atoms with Gasteiger partial charge in [0, 0.05) is 11.9 Å². The Kier molecular flexibility index (Phi) is 4.09. The first-order chi connectivity index (χ1) is 9.06. The van der Waals surface area contributed by atoms with Gasteiger partial charge in [-0.15, -0.1) is 0 Å². The van der Waals surface area contributed by atoms with E-state index in [4.69, 9.17) is 28.9 Å². The molecular formula is C12H10Cl2N4O. The van der Waals surface area contributed by atoms with E-state index >= 15 is 0 Å². The Morgan fingerprint density at radius 3 is 2.63 bits per heavy atom. The summed E-state index contributed by atoms with van der Waals surface area (Å²) in [5.41, 5.74) is 7.05. The Morgan fingerprint density at radius 1 is 1.16 bits per heavy atom. The lowest BCUT2D eigenvalue weighted by Crippen LogP contribution is -2.20. The molecule has 0 atom stereocenters. The van der Waals surface area contributed by atoms with Gasteiger partial charge < -0.3 is 16.4 Å². The van der Waals surface area contributed by atoms with Gasteiger partial charge in [0.25, 0.3) is 0 Å². The number of carbonyl (C=O) groups is 1. The number of nitrogen functional groups attached to an aromatic ring is 1. The lowest BCUT2D eigenvalue weighted by atomic mass is 10.3. The van der Waals surface area contributed by atoms with Gasteiger partial charge in [-0.1, -0.05) is 23.2 Å². The van der Waals surface area contributed by atoms with Crippen molar-refractivity contribution >= 4 is 46.3 Å². The van der Waals surface area contributed by atoms with Crippen molar-refractivity contribution in [2.24, 2.45) is 0 Å². The van der Waals surface area contributed by atoms with Crippen LogP contribution in [-0.4, -0.2) is 11.0 Å². The molecule has 0 aliphatic rings. The molecule has 0 aliphatic carbocycles. The van der Waals surface area contributed by atoms with Gasteiger partial charge in [0.2, 0.25) is 0 Å². The van der Waals surface area contributed by atoms with E-state index < -0.39 is 6.03 Å². The molecule has 0 spiro atoms. The summed E-state index contributed by atoms with van der Waals surface area (Å²) in [6.07, 6.45) is 2.99. The van der Waals surface area contributed by atoms with E-state index in [9.17, 15) is 4.79 Å². The van der Waals surface area contributed by atoms with Gasteiger partial charge >= 0.3 is 6.03 Å². The van der Waals surface area contributed by atoms with Crippen LogP contribution in [0.1, 0.15) is 0 Å². The topological polar surface area (TPSA) is 80.0 Å². The molecule has 7 heteroatoms. The SMILES string of the molecule is Nc1cnccc1NC(=O)Nc1ccc(Cl)c(Cl)c1. The largest absolute Gasteiger partial charge is 0.396 e. The van der Waals surface area contributed by atoms with Gasteiger partial charge in [-0.3, -0.25) is 4.98 Å². The number of nitrogens with zero attached hydrogens (tertiary/aromatic N) is 1. The van der Waals surface area contributed by atoms with Crippen molar-refractivity contribution in [3.63, 3.8) is 0 Å². The van der Waals surface area contributed by atoms with E-state index in [0.29, 0.717) is 27.1 Å². The van der Waals surface area contributed by atoms with Crippen LogP contribution in [0.25, 0.3) is 0 Å². The molecule has 1 aromatic heterocycles. The quantitative estimate of drug-likeness (QED) is 0.792. The fourth-order valence-corrected chi connectivity index (χ4v) is 1.68. The zero-order valence-electron chi connectivity index (χ0n) is 9.65. The van der Waals surface area contributed by atoms with Gasteiger partial charge in [-0.25, -0.2) is 4.79 Å². The lowest BCUT2D eigenvalue weighted by Gasteiger charge is -2.09. The van der Waals surface area contributed by atoms with Crippen LogP contribution in [0.2, 0.25) is 10.0 Å². The zero-order chi connectivity index (χ0) is 13.8. The fraction of sp³-hybridized carbons (Fsp3) is 0. The number of anilines is 3. The molecule has 0 fully saturated rings. The minimum absolute atomic E-state index is 0.364. The van der Waals surface area contributed by atoms with Crippen molar-refractivity contribution < 1.29 is 4.79 Å². The summed E-state index contributed by atoms with van der Waals surface area (Å²) in [6, 6.07) is 5.96. The highest BCUT2D eigenvalue weighted by atomic mass is 35.5. The monoisotopic (exact) mass is 296 g/mol. The summed E-state index contributed by atoms with van der Waals surface area (Å²) < 4.78 is 0. The maximum atomic E-state index is 11.8. The molecule has 5 nitrogen and oxygen atoms in total. The fourth-order valence-electron chi connectivity index (χ4n) is 1.38. The standard InChI is InChI=1S/C12H10Cl2N4O/c13-8-2-1-7(5-9(8)14)17-12(19)18-11-3-4-16-6-10(11)15/h1-6H,15H2,(H2,16,17,18,19). The number of amides is 2. The summed E-state index contributed by atoms with van der Waals surface area (Å²) in [5, 5.41) is 6.00. The predicted molar refractivity (Wildman–Crippen MR) is 77.8 cm³/mol. The van der Waals surface area contributed by atoms with Gasteiger partial charge in [-0.2, -0.15) is 0 Å². The minimum Gasteiger partial charge on any atom is -0.396 e. The predicted octanol–water partition coefficient (Wildman–Crippen LogP) is 3.61. The van der Waals surface area contributed by atoms with Crippen LogP contribution in [0.15, 0.2) is 36.7 Å². The Labute approximate surface area is 119 Å². The first-order valence-electron chi connectivity index (χ1n) is 5.29. The van der Waals surface area contributed by atoms with Crippen LogP contribution in [0.5, 0.6) is 0 Å². The Balaban J connectivity index is 2.05. The highest BCUT2D eigenvalue weighted by molar-refractivity contribution is 6.42. The van der Waals surface area contributed by atoms with Crippen molar-refractivity contribution in [1.29, 1.82) is 0 Å². The van der Waals surface area contributed by atoms with Gasteiger partial charge in [0.15, 0.2) is 0 Å². The second-order valence-corrected chi connectivity index (χ2v) is 4.49. The number of nitrogens with two attached hydrogens (primary N) is 1. The molecule has 0 radical (unpaired) electrons. The third-order valence-corrected chi connectivity index (χ3v) is 3.02. The molecule has 1 aromatic carbocycles. The number of pyridine rings is 1. The molecule has 2 amide bonds. The summed E-state index contributed by atoms with van der Waals surface area (Å²) in [6.45, 7) is 0. The number of urea groups is 1. The van der Waals surface area contributed by atoms with E-state index in [-0.39, 0.29) is 0 Å². The van der Waals surface area contributed by atoms with E-state index in [1.54, 1.807) is 24.3 Å². The Bertz CT molecular complexity index is 618. The molecule has 4 N–H and O–H groups in total. The van der Waals surface area contributed by atoms with Gasteiger partial charge in [-0.05, 0) is 24.3 Å². The normalized spacial score (nSPS) is 10.0. The summed E-state index contributed by atoms with van der Waals surface area (Å²) in [7, 11) is 0. The number of nitrogens with one attached hydrogen (secondary N) is 2. The highest BCUT2D eigenvalue weighted by Gasteiger charge is 2.06. The highest BCUT2D eigenvalue weighted by Crippen LogP contribution is 2.25. The lowest BCUT2D eigenvalue weighted by molar-refractivity contribution is 0.262. The van der Waals surface area contributed by atoms with Crippen molar-refractivity contribution in [3.8, 4) is 0 Å². The molecule has 0 unspecified atom stereocenters. The molecule has 0 aliphatic heterocycles. The van der Waals surface area contributed by atoms with Crippen molar-refractivity contribution in [2.45, 2.75) is 0 Å². The number of halogens is 2. The molecule has 0 saturated heterocycles. The number of carbonyl (C=O) groups excluding carboxylic acids is 1. The average Bonchev–Trinajstić information content (AvgIpc) is 2.37. The van der Waals surface area contributed by atoms with Crippen LogP contribution in [0.4, 0.5) is 21.9 Å². The average molecular weight is 297 g/mol. The van der Waals surface area contributed by atoms with E-state index in [0.717, 1.165) is 0 Å². The smallest absolute Gasteiger partial charge is 0.323 e. The van der Waals surface area contributed by atoms with Crippen LogP contribution >= 0.6 is 23.2 Å². The number of hydrogen-bond donors (Lipinski definition) is 3. The third kappa shape index (κ3) is 3.49. The molecular weight excluding hydrogens is 287 g/mol. The van der Waals surface area contributed by atoms with Crippen molar-refractivity contribution in [2.75, 3.05) is 16.4 Å². The number of benzene rings is 1. The van der Waals surface area contributed by atoms with Crippen LogP contribution in [0, 0.1) is 0 Å². The molecule has 19 heavy (non-hydrogen) atoms. The molecule has 1 heterocycles. The summed E-state index contributed by atoms with van der Waals surface area (Å²) in [4.78, 5) is 15.6. The molecule has 0 saturated carbocycles. The minimum atomic E-state index is -0.434. The molecule has 98 valence electrons. The van der Waals surface area contributed by atoms with Gasteiger partial charge in [0.05, 0.1) is 27.6 Å². The van der Waals surface area contributed by atoms with Crippen LogP contribution < -0.4 is 16.4 Å². The van der Waals surface area contributed by atoms with E-state index in [1.807, 2.05) is 0 Å². The second kappa shape index (κ2) is 5.77. The van der Waals surface area contributed by atoms with Gasteiger partial charge in [0.1, 0.15) is 0 Å². The second-order valence-electron chi connectivity index (χ2n) is 3.67. The maximum Gasteiger partial charge on any atom is 0.323 e. The van der Waals surface area contributed by atoms with E-state index in [1.165, 1.54) is 12.4 Å². The first kappa shape index (κ1) is 13.5. The van der Waals surface area contributed by atoms with Crippen LogP contribution in [0.3, 0.4) is 0 Å².